The van der Waals surface area contributed by atoms with E-state index in [4.69, 9.17) is 10.8 Å². The van der Waals surface area contributed by atoms with E-state index in [1.54, 1.807) is 6.92 Å². The van der Waals surface area contributed by atoms with Crippen molar-refractivity contribution in [3.8, 4) is 0 Å². The molecule has 21 heavy (non-hydrogen) atoms. The highest BCUT2D eigenvalue weighted by Crippen LogP contribution is 2.18. The Morgan fingerprint density at radius 1 is 1.33 bits per heavy atom. The third-order valence-corrected chi connectivity index (χ3v) is 3.61. The van der Waals surface area contributed by atoms with Gasteiger partial charge in [-0.25, -0.2) is 4.79 Å². The molecule has 0 aliphatic carbocycles. The number of carboxylic acids is 1. The van der Waals surface area contributed by atoms with Crippen molar-refractivity contribution in [3.63, 3.8) is 0 Å². The van der Waals surface area contributed by atoms with Crippen molar-refractivity contribution in [1.29, 1.82) is 0 Å². The highest BCUT2D eigenvalue weighted by atomic mass is 16.4. The first-order valence-electron chi connectivity index (χ1n) is 7.33. The summed E-state index contributed by atoms with van der Waals surface area (Å²) in [5.41, 5.74) is 5.76. The van der Waals surface area contributed by atoms with Crippen LogP contribution in [-0.2, 0) is 14.4 Å². The number of aliphatic carboxylic acids is 1. The van der Waals surface area contributed by atoms with E-state index in [2.05, 4.69) is 5.32 Å². The van der Waals surface area contributed by atoms with Gasteiger partial charge in [0.05, 0.1) is 6.04 Å². The zero-order chi connectivity index (χ0) is 16.2. The fourth-order valence-corrected chi connectivity index (χ4v) is 2.53. The summed E-state index contributed by atoms with van der Waals surface area (Å²) in [6.07, 6.45) is 1.65. The summed E-state index contributed by atoms with van der Waals surface area (Å²) in [7, 11) is 0. The van der Waals surface area contributed by atoms with E-state index < -0.39 is 24.1 Å². The van der Waals surface area contributed by atoms with E-state index in [1.807, 2.05) is 13.8 Å². The fraction of sp³-hybridized carbons (Fsp3) is 0.786. The summed E-state index contributed by atoms with van der Waals surface area (Å²) >= 11 is 0. The van der Waals surface area contributed by atoms with Crippen LogP contribution in [0.15, 0.2) is 0 Å². The highest BCUT2D eigenvalue weighted by molar-refractivity contribution is 5.91. The Hall–Kier alpha value is -1.63. The zero-order valence-corrected chi connectivity index (χ0v) is 12.8. The number of nitrogens with two attached hydrogens (primary N) is 1. The number of nitrogens with one attached hydrogen (secondary N) is 1. The van der Waals surface area contributed by atoms with Gasteiger partial charge in [-0.15, -0.1) is 0 Å². The molecule has 0 radical (unpaired) electrons. The van der Waals surface area contributed by atoms with Crippen LogP contribution in [0.2, 0.25) is 0 Å². The molecule has 120 valence electrons. The number of carbonyl (C=O) groups is 3. The molecule has 0 spiro atoms. The predicted molar refractivity (Wildman–Crippen MR) is 77.4 cm³/mol. The number of likely N-dealkylation sites (tertiary alicyclic amines) is 1. The largest absolute Gasteiger partial charge is 0.480 e. The van der Waals surface area contributed by atoms with Crippen LogP contribution in [0.25, 0.3) is 0 Å². The van der Waals surface area contributed by atoms with Crippen LogP contribution in [0.5, 0.6) is 0 Å². The first-order chi connectivity index (χ1) is 9.73. The van der Waals surface area contributed by atoms with Crippen molar-refractivity contribution < 1.29 is 19.5 Å². The Bertz CT molecular complexity index is 411. The maximum atomic E-state index is 12.2. The lowest BCUT2D eigenvalue weighted by molar-refractivity contribution is -0.149. The van der Waals surface area contributed by atoms with Gasteiger partial charge < -0.3 is 21.1 Å². The monoisotopic (exact) mass is 299 g/mol. The van der Waals surface area contributed by atoms with Gasteiger partial charge >= 0.3 is 5.97 Å². The van der Waals surface area contributed by atoms with Gasteiger partial charge in [0.2, 0.25) is 11.8 Å². The Kier molecular flexibility index (Phi) is 6.14. The lowest BCUT2D eigenvalue weighted by atomic mass is 10.0. The maximum Gasteiger partial charge on any atom is 0.326 e. The zero-order valence-electron chi connectivity index (χ0n) is 12.8. The Labute approximate surface area is 124 Å². The third-order valence-electron chi connectivity index (χ3n) is 3.61. The molecule has 1 saturated heterocycles. The molecule has 7 nitrogen and oxygen atoms in total. The third kappa shape index (κ3) is 4.70. The van der Waals surface area contributed by atoms with Crippen molar-refractivity contribution in [2.24, 2.45) is 11.7 Å². The summed E-state index contributed by atoms with van der Waals surface area (Å²) in [5, 5.41) is 11.7. The molecule has 1 aliphatic rings. The Morgan fingerprint density at radius 3 is 2.48 bits per heavy atom. The smallest absolute Gasteiger partial charge is 0.326 e. The summed E-state index contributed by atoms with van der Waals surface area (Å²) in [6.45, 7) is 5.89. The molecule has 4 N–H and O–H groups in total. The van der Waals surface area contributed by atoms with Gasteiger partial charge in [-0.2, -0.15) is 0 Å². The van der Waals surface area contributed by atoms with Crippen molar-refractivity contribution in [2.45, 2.75) is 58.2 Å². The van der Waals surface area contributed by atoms with Crippen LogP contribution in [0, 0.1) is 5.92 Å². The minimum atomic E-state index is -1.00. The van der Waals surface area contributed by atoms with E-state index in [1.165, 1.54) is 4.90 Å². The summed E-state index contributed by atoms with van der Waals surface area (Å²) < 4.78 is 0. The number of hydrogen-bond donors (Lipinski definition) is 3. The van der Waals surface area contributed by atoms with E-state index in [0.717, 1.165) is 0 Å². The molecule has 0 saturated carbocycles. The number of rotatable bonds is 6. The molecular weight excluding hydrogens is 274 g/mol. The molecule has 0 bridgehead atoms. The van der Waals surface area contributed by atoms with Crippen LogP contribution in [0.4, 0.5) is 0 Å². The molecule has 0 aromatic heterocycles. The van der Waals surface area contributed by atoms with Crippen molar-refractivity contribution in [3.05, 3.63) is 0 Å². The van der Waals surface area contributed by atoms with Crippen LogP contribution in [-0.4, -0.2) is 52.5 Å². The van der Waals surface area contributed by atoms with Crippen molar-refractivity contribution in [2.75, 3.05) is 6.54 Å². The molecule has 1 heterocycles. The van der Waals surface area contributed by atoms with Gasteiger partial charge in [0.15, 0.2) is 0 Å². The SMILES string of the molecule is CC(C)CC(N)C(=O)NC(C)C(=O)N1CCCC1C(=O)O. The van der Waals surface area contributed by atoms with E-state index >= 15 is 0 Å². The van der Waals surface area contributed by atoms with Gasteiger partial charge in [0.25, 0.3) is 0 Å². The van der Waals surface area contributed by atoms with Gasteiger partial charge in [0, 0.05) is 6.54 Å². The molecular formula is C14H25N3O4. The van der Waals surface area contributed by atoms with E-state index in [-0.39, 0.29) is 17.7 Å². The van der Waals surface area contributed by atoms with Crippen LogP contribution in [0.3, 0.4) is 0 Å². The average molecular weight is 299 g/mol. The van der Waals surface area contributed by atoms with E-state index in [0.29, 0.717) is 25.8 Å². The first-order valence-corrected chi connectivity index (χ1v) is 7.33. The summed E-state index contributed by atoms with van der Waals surface area (Å²) in [4.78, 5) is 36.6. The second-order valence-electron chi connectivity index (χ2n) is 5.99. The normalized spacial score (nSPS) is 21.2. The number of carbonyl (C=O) groups excluding carboxylic acids is 2. The van der Waals surface area contributed by atoms with Crippen LogP contribution < -0.4 is 11.1 Å². The quantitative estimate of drug-likeness (QED) is 0.636. The summed E-state index contributed by atoms with van der Waals surface area (Å²) in [6, 6.07) is -2.22. The Morgan fingerprint density at radius 2 is 1.95 bits per heavy atom. The standard InChI is InChI=1S/C14H25N3O4/c1-8(2)7-10(15)12(18)16-9(3)13(19)17-6-4-5-11(17)14(20)21/h8-11H,4-7,15H2,1-3H3,(H,16,18)(H,20,21). The second kappa shape index (κ2) is 7.40. The predicted octanol–water partition coefficient (Wildman–Crippen LogP) is -0.0599. The molecule has 2 amide bonds. The van der Waals surface area contributed by atoms with Crippen molar-refractivity contribution >= 4 is 17.8 Å². The second-order valence-corrected chi connectivity index (χ2v) is 5.99. The molecule has 1 aliphatic heterocycles. The minimum Gasteiger partial charge on any atom is -0.480 e. The fourth-order valence-electron chi connectivity index (χ4n) is 2.53. The lowest BCUT2D eigenvalue weighted by Crippen LogP contribution is -2.53. The summed E-state index contributed by atoms with van der Waals surface area (Å²) in [5.74, 6) is -1.47. The number of amides is 2. The molecule has 1 fully saturated rings. The van der Waals surface area contributed by atoms with E-state index in [9.17, 15) is 14.4 Å². The lowest BCUT2D eigenvalue weighted by Gasteiger charge is -2.26. The van der Waals surface area contributed by atoms with Crippen LogP contribution in [0.1, 0.15) is 40.0 Å². The van der Waals surface area contributed by atoms with Crippen molar-refractivity contribution in [1.82, 2.24) is 10.2 Å². The average Bonchev–Trinajstić information content (AvgIpc) is 2.85. The molecule has 1 rings (SSSR count). The maximum absolute atomic E-state index is 12.2. The molecule has 3 unspecified atom stereocenters. The Balaban J connectivity index is 2.58. The number of hydrogen-bond acceptors (Lipinski definition) is 4. The molecule has 3 atom stereocenters. The van der Waals surface area contributed by atoms with Crippen LogP contribution >= 0.6 is 0 Å². The molecule has 7 heteroatoms. The highest BCUT2D eigenvalue weighted by Gasteiger charge is 2.36. The molecule has 0 aromatic rings. The number of carboxylic acid groups (broad SMARTS) is 1. The van der Waals surface area contributed by atoms with Gasteiger partial charge in [-0.3, -0.25) is 9.59 Å². The van der Waals surface area contributed by atoms with Gasteiger partial charge in [-0.05, 0) is 32.1 Å². The van der Waals surface area contributed by atoms with Gasteiger partial charge in [-0.1, -0.05) is 13.8 Å². The minimum absolute atomic E-state index is 0.284. The first kappa shape index (κ1) is 17.4. The van der Waals surface area contributed by atoms with Gasteiger partial charge in [0.1, 0.15) is 12.1 Å². The number of nitrogens with zero attached hydrogens (tertiary/aromatic N) is 1. The topological polar surface area (TPSA) is 113 Å². The molecule has 0 aromatic carbocycles.